The van der Waals surface area contributed by atoms with Crippen molar-refractivity contribution in [2.75, 3.05) is 11.9 Å². The van der Waals surface area contributed by atoms with Gasteiger partial charge in [-0.05, 0) is 54.1 Å². The summed E-state index contributed by atoms with van der Waals surface area (Å²) in [6.45, 7) is 0.429. The fourth-order valence-electron chi connectivity index (χ4n) is 3.93. The van der Waals surface area contributed by atoms with Gasteiger partial charge in [0.25, 0.3) is 5.91 Å². The van der Waals surface area contributed by atoms with E-state index in [0.717, 1.165) is 10.3 Å². The Kier molecular flexibility index (Phi) is 7.53. The van der Waals surface area contributed by atoms with Crippen molar-refractivity contribution in [3.63, 3.8) is 0 Å². The van der Waals surface area contributed by atoms with E-state index in [-0.39, 0.29) is 23.9 Å². The first-order valence-electron chi connectivity index (χ1n) is 11.7. The molecule has 2 heterocycles. The van der Waals surface area contributed by atoms with E-state index in [1.807, 2.05) is 54.6 Å². The summed E-state index contributed by atoms with van der Waals surface area (Å²) in [5.74, 6) is -0.326. The summed E-state index contributed by atoms with van der Waals surface area (Å²) in [6.07, 6.45) is 1.67. The lowest BCUT2D eigenvalue weighted by Gasteiger charge is -2.20. The van der Waals surface area contributed by atoms with Crippen LogP contribution >= 0.6 is 22.9 Å². The van der Waals surface area contributed by atoms with Crippen molar-refractivity contribution < 1.29 is 13.2 Å². The van der Waals surface area contributed by atoms with Gasteiger partial charge in [-0.1, -0.05) is 65.4 Å². The van der Waals surface area contributed by atoms with E-state index in [9.17, 15) is 13.2 Å². The molecule has 5 rings (SSSR count). The van der Waals surface area contributed by atoms with Crippen LogP contribution in [0, 0.1) is 0 Å². The van der Waals surface area contributed by atoms with Gasteiger partial charge >= 0.3 is 0 Å². The van der Waals surface area contributed by atoms with Gasteiger partial charge in [-0.2, -0.15) is 4.31 Å². The molecule has 38 heavy (non-hydrogen) atoms. The molecule has 0 spiro atoms. The maximum Gasteiger partial charge on any atom is 0.260 e. The number of pyridine rings is 1. The first-order valence-corrected chi connectivity index (χ1v) is 14.3. The first-order chi connectivity index (χ1) is 18.3. The smallest absolute Gasteiger partial charge is 0.260 e. The topological polar surface area (TPSA) is 83.5 Å². The summed E-state index contributed by atoms with van der Waals surface area (Å²) in [7, 11) is -2.21. The minimum atomic E-state index is -3.75. The normalized spacial score (nSPS) is 11.7. The second-order valence-electron chi connectivity index (χ2n) is 8.57. The zero-order chi connectivity index (χ0) is 26.7. The van der Waals surface area contributed by atoms with Crippen LogP contribution in [0.2, 0.25) is 5.02 Å². The molecule has 10 heteroatoms. The monoisotopic (exact) mass is 562 g/mol. The van der Waals surface area contributed by atoms with Gasteiger partial charge in [-0.25, -0.2) is 13.4 Å². The number of anilines is 1. The third-order valence-corrected chi connectivity index (χ3v) is 9.10. The minimum Gasteiger partial charge on any atom is -0.278 e. The lowest BCUT2D eigenvalue weighted by molar-refractivity contribution is 0.0984. The number of carbonyl (C=O) groups is 1. The number of amides is 1. The highest BCUT2D eigenvalue weighted by atomic mass is 35.5. The summed E-state index contributed by atoms with van der Waals surface area (Å²) in [5.41, 5.74) is 2.52. The van der Waals surface area contributed by atoms with Gasteiger partial charge in [0, 0.05) is 25.4 Å². The molecule has 0 unspecified atom stereocenters. The number of benzene rings is 3. The SMILES string of the molecule is CN(Cc1ccccc1)S(=O)(=O)c1ccc(C(=O)N(Cc2ccccn2)c2nc3c(Cl)cccc3s2)cc1. The van der Waals surface area contributed by atoms with Crippen LogP contribution in [0.4, 0.5) is 5.13 Å². The summed E-state index contributed by atoms with van der Waals surface area (Å²) < 4.78 is 28.4. The maximum atomic E-state index is 13.7. The number of rotatable bonds is 8. The Labute approximate surface area is 230 Å². The quantitative estimate of drug-likeness (QED) is 0.231. The average molecular weight is 563 g/mol. The Morgan fingerprint density at radius 1 is 0.895 bits per heavy atom. The van der Waals surface area contributed by atoms with Gasteiger partial charge in [0.05, 0.1) is 26.9 Å². The van der Waals surface area contributed by atoms with Gasteiger partial charge in [0.1, 0.15) is 5.52 Å². The number of sulfonamides is 1. The molecule has 0 saturated carbocycles. The number of para-hydroxylation sites is 1. The fourth-order valence-corrected chi connectivity index (χ4v) is 6.35. The third kappa shape index (κ3) is 5.46. The molecule has 0 bridgehead atoms. The van der Waals surface area contributed by atoms with Crippen molar-refractivity contribution >= 4 is 54.2 Å². The van der Waals surface area contributed by atoms with E-state index in [1.165, 1.54) is 51.9 Å². The molecule has 3 aromatic carbocycles. The van der Waals surface area contributed by atoms with E-state index in [0.29, 0.717) is 26.9 Å². The maximum absolute atomic E-state index is 13.7. The van der Waals surface area contributed by atoms with Gasteiger partial charge in [-0.15, -0.1) is 0 Å². The molecule has 0 saturated heterocycles. The van der Waals surface area contributed by atoms with E-state index in [2.05, 4.69) is 9.97 Å². The zero-order valence-electron chi connectivity index (χ0n) is 20.4. The molecule has 7 nitrogen and oxygen atoms in total. The standard InChI is InChI=1S/C28H23ClN4O3S2/c1-32(18-20-8-3-2-4-9-20)38(35,36)23-15-13-21(14-16-23)27(34)33(19-22-10-5-6-17-30-22)28-31-26-24(29)11-7-12-25(26)37-28/h2-17H,18-19H2,1H3. The highest BCUT2D eigenvalue weighted by Gasteiger charge is 2.25. The number of aromatic nitrogens is 2. The Balaban J connectivity index is 1.44. The van der Waals surface area contributed by atoms with Gasteiger partial charge in [0.15, 0.2) is 5.13 Å². The van der Waals surface area contributed by atoms with Crippen LogP contribution in [0.5, 0.6) is 0 Å². The molecule has 5 aromatic rings. The van der Waals surface area contributed by atoms with E-state index >= 15 is 0 Å². The van der Waals surface area contributed by atoms with Crippen molar-refractivity contribution in [2.45, 2.75) is 18.0 Å². The van der Waals surface area contributed by atoms with Crippen LogP contribution in [0.15, 0.2) is 102 Å². The minimum absolute atomic E-state index is 0.107. The lowest BCUT2D eigenvalue weighted by Crippen LogP contribution is -2.31. The van der Waals surface area contributed by atoms with Crippen molar-refractivity contribution in [1.29, 1.82) is 0 Å². The predicted molar refractivity (Wildman–Crippen MR) is 151 cm³/mol. The summed E-state index contributed by atoms with van der Waals surface area (Å²) >= 11 is 7.69. The summed E-state index contributed by atoms with van der Waals surface area (Å²) in [5, 5.41) is 0.979. The first kappa shape index (κ1) is 26.0. The molecule has 0 N–H and O–H groups in total. The van der Waals surface area contributed by atoms with Crippen LogP contribution in [0.1, 0.15) is 21.6 Å². The van der Waals surface area contributed by atoms with E-state index in [4.69, 9.17) is 11.6 Å². The van der Waals surface area contributed by atoms with Crippen LogP contribution < -0.4 is 4.90 Å². The lowest BCUT2D eigenvalue weighted by atomic mass is 10.2. The number of hydrogen-bond donors (Lipinski definition) is 0. The molecule has 0 radical (unpaired) electrons. The molecule has 0 aliphatic heterocycles. The molecule has 0 atom stereocenters. The molecule has 2 aromatic heterocycles. The molecular weight excluding hydrogens is 540 g/mol. The Bertz CT molecular complexity index is 1680. The average Bonchev–Trinajstić information content (AvgIpc) is 3.38. The number of nitrogens with zero attached hydrogens (tertiary/aromatic N) is 4. The second-order valence-corrected chi connectivity index (χ2v) is 12.0. The van der Waals surface area contributed by atoms with Crippen LogP contribution in [0.3, 0.4) is 0 Å². The number of hydrogen-bond acceptors (Lipinski definition) is 6. The number of thiazole rings is 1. The molecule has 0 aliphatic carbocycles. The predicted octanol–water partition coefficient (Wildman–Crippen LogP) is 6.01. The van der Waals surface area contributed by atoms with E-state index in [1.54, 1.807) is 18.3 Å². The largest absolute Gasteiger partial charge is 0.278 e. The van der Waals surface area contributed by atoms with Gasteiger partial charge < -0.3 is 0 Å². The summed E-state index contributed by atoms with van der Waals surface area (Å²) in [6, 6.07) is 26.3. The molecule has 192 valence electrons. The Morgan fingerprint density at radius 2 is 1.63 bits per heavy atom. The van der Waals surface area contributed by atoms with E-state index < -0.39 is 10.0 Å². The van der Waals surface area contributed by atoms with Crippen LogP contribution in [-0.4, -0.2) is 35.6 Å². The fraction of sp³-hybridized carbons (Fsp3) is 0.107. The highest BCUT2D eigenvalue weighted by molar-refractivity contribution is 7.89. The van der Waals surface area contributed by atoms with Crippen molar-refractivity contribution in [2.24, 2.45) is 0 Å². The van der Waals surface area contributed by atoms with Crippen LogP contribution in [0.25, 0.3) is 10.2 Å². The Hall–Kier alpha value is -3.63. The van der Waals surface area contributed by atoms with Crippen LogP contribution in [-0.2, 0) is 23.1 Å². The van der Waals surface area contributed by atoms with Crippen molar-refractivity contribution in [1.82, 2.24) is 14.3 Å². The number of halogens is 1. The molecular formula is C28H23ClN4O3S2. The van der Waals surface area contributed by atoms with Gasteiger partial charge in [0.2, 0.25) is 10.0 Å². The Morgan fingerprint density at radius 3 is 2.32 bits per heavy atom. The third-order valence-electron chi connectivity index (χ3n) is 5.94. The van der Waals surface area contributed by atoms with Crippen molar-refractivity contribution in [3.05, 3.63) is 119 Å². The zero-order valence-corrected chi connectivity index (χ0v) is 22.7. The highest BCUT2D eigenvalue weighted by Crippen LogP contribution is 2.34. The van der Waals surface area contributed by atoms with Gasteiger partial charge in [-0.3, -0.25) is 14.7 Å². The number of fused-ring (bicyclic) bond motifs is 1. The molecule has 1 amide bonds. The second kappa shape index (κ2) is 11.0. The molecule has 0 aliphatic rings. The molecule has 0 fully saturated rings. The number of carbonyl (C=O) groups excluding carboxylic acids is 1. The van der Waals surface area contributed by atoms with Crippen molar-refractivity contribution in [3.8, 4) is 0 Å². The summed E-state index contributed by atoms with van der Waals surface area (Å²) in [4.78, 5) is 24.4.